The third-order valence-corrected chi connectivity index (χ3v) is 21.3. The molecule has 1 aromatic heterocycles. The van der Waals surface area contributed by atoms with Crippen molar-refractivity contribution in [2.24, 2.45) is 0 Å². The molecule has 0 aliphatic carbocycles. The number of rotatable bonds is 11. The zero-order valence-corrected chi connectivity index (χ0v) is 62.7. The highest BCUT2D eigenvalue weighted by Gasteiger charge is 2.46. The van der Waals surface area contributed by atoms with Gasteiger partial charge >= 0.3 is 0 Å². The van der Waals surface area contributed by atoms with Crippen LogP contribution in [0.2, 0.25) is 0 Å². The van der Waals surface area contributed by atoms with Crippen LogP contribution in [0.15, 0.2) is 194 Å². The second kappa shape index (κ2) is 24.2. The van der Waals surface area contributed by atoms with Crippen molar-refractivity contribution in [3.63, 3.8) is 0 Å². The van der Waals surface area contributed by atoms with E-state index in [0.29, 0.717) is 0 Å². The summed E-state index contributed by atoms with van der Waals surface area (Å²) in [5, 5.41) is 2.59. The number of benzene rings is 10. The van der Waals surface area contributed by atoms with Crippen molar-refractivity contribution in [3.8, 4) is 16.8 Å². The zero-order valence-electron chi connectivity index (χ0n) is 62.7. The van der Waals surface area contributed by atoms with Crippen molar-refractivity contribution in [2.75, 3.05) is 14.7 Å². The molecule has 0 unspecified atom stereocenters. The second-order valence-electron chi connectivity index (χ2n) is 34.8. The van der Waals surface area contributed by atoms with Gasteiger partial charge < -0.3 is 19.3 Å². The van der Waals surface area contributed by atoms with Gasteiger partial charge in [0.25, 0.3) is 6.71 Å². The predicted octanol–water partition coefficient (Wildman–Crippen LogP) is 25.0. The Labute approximate surface area is 582 Å². The van der Waals surface area contributed by atoms with Gasteiger partial charge in [0.1, 0.15) is 0 Å². The lowest BCUT2D eigenvalue weighted by atomic mass is 9.33. The molecule has 496 valence electrons. The predicted molar refractivity (Wildman–Crippen MR) is 425 cm³/mol. The molecule has 4 nitrogen and oxygen atoms in total. The van der Waals surface area contributed by atoms with E-state index in [-0.39, 0.29) is 57.5 Å². The van der Waals surface area contributed by atoms with Crippen molar-refractivity contribution in [1.29, 1.82) is 0 Å². The third-order valence-electron chi connectivity index (χ3n) is 21.3. The van der Waals surface area contributed by atoms with Crippen LogP contribution in [0.3, 0.4) is 0 Å². The number of para-hydroxylation sites is 2. The molecule has 97 heavy (non-hydrogen) atoms. The van der Waals surface area contributed by atoms with Gasteiger partial charge in [0, 0.05) is 56.3 Å². The molecule has 0 atom stereocenters. The normalized spacial score (nSPS) is 13.6. The number of aromatic nitrogens is 1. The Hall–Kier alpha value is -8.54. The first-order valence-electron chi connectivity index (χ1n) is 36.1. The Kier molecular flexibility index (Phi) is 16.7. The van der Waals surface area contributed by atoms with Gasteiger partial charge in [-0.25, -0.2) is 0 Å². The van der Waals surface area contributed by atoms with Gasteiger partial charge in [-0.15, -0.1) is 0 Å². The minimum Gasteiger partial charge on any atom is -0.311 e. The van der Waals surface area contributed by atoms with Gasteiger partial charge in [-0.3, -0.25) is 0 Å². The summed E-state index contributed by atoms with van der Waals surface area (Å²) in [5.74, 6) is 1.02. The number of nitrogens with zero attached hydrogens (tertiary/aromatic N) is 4. The fourth-order valence-corrected chi connectivity index (χ4v) is 15.5. The molecule has 11 aromatic rings. The van der Waals surface area contributed by atoms with Crippen LogP contribution in [0.1, 0.15) is 233 Å². The van der Waals surface area contributed by atoms with Crippen molar-refractivity contribution >= 4 is 96.1 Å². The summed E-state index contributed by atoms with van der Waals surface area (Å²) in [7, 11) is 0. The van der Waals surface area contributed by atoms with Crippen LogP contribution in [0, 0.1) is 0 Å². The van der Waals surface area contributed by atoms with Gasteiger partial charge in [0.05, 0.1) is 22.4 Å². The van der Waals surface area contributed by atoms with E-state index >= 15 is 0 Å². The summed E-state index contributed by atoms with van der Waals surface area (Å²) >= 11 is 0. The van der Waals surface area contributed by atoms with E-state index in [1.165, 1.54) is 134 Å². The summed E-state index contributed by atoms with van der Waals surface area (Å²) in [5.41, 5.74) is 32.8. The smallest absolute Gasteiger partial charge is 0.252 e. The lowest BCUT2D eigenvalue weighted by Crippen LogP contribution is -2.61. The molecule has 0 fully saturated rings. The average molecular weight is 1280 g/mol. The lowest BCUT2D eigenvalue weighted by molar-refractivity contribution is 0.590. The number of hydrogen-bond acceptors (Lipinski definition) is 3. The van der Waals surface area contributed by atoms with Crippen molar-refractivity contribution in [1.82, 2.24) is 4.57 Å². The fourth-order valence-electron chi connectivity index (χ4n) is 15.5. The molecular weight excluding hydrogens is 1170 g/mol. The first-order valence-corrected chi connectivity index (χ1v) is 36.1. The molecule has 0 spiro atoms. The van der Waals surface area contributed by atoms with E-state index in [2.05, 4.69) is 373 Å². The second-order valence-corrected chi connectivity index (χ2v) is 34.8. The minimum atomic E-state index is -0.209. The van der Waals surface area contributed by atoms with Gasteiger partial charge in [-0.1, -0.05) is 262 Å². The molecule has 2 aliphatic rings. The molecule has 10 aromatic carbocycles. The highest BCUT2D eigenvalue weighted by molar-refractivity contribution is 7.00. The van der Waals surface area contributed by atoms with Crippen LogP contribution >= 0.6 is 0 Å². The van der Waals surface area contributed by atoms with Crippen LogP contribution in [0.5, 0.6) is 0 Å². The summed E-state index contributed by atoms with van der Waals surface area (Å²) < 4.78 is 2.57. The van der Waals surface area contributed by atoms with Gasteiger partial charge in [-0.2, -0.15) is 0 Å². The van der Waals surface area contributed by atoms with Crippen molar-refractivity contribution in [2.45, 2.75) is 210 Å². The Morgan fingerprint density at radius 1 is 0.309 bits per heavy atom. The fraction of sp³-hybridized carbons (Fsp3) is 0.348. The summed E-state index contributed by atoms with van der Waals surface area (Å²) in [6.07, 6.45) is 0. The Morgan fingerprint density at radius 3 is 1.02 bits per heavy atom. The monoisotopic (exact) mass is 1280 g/mol. The SMILES string of the molecule is CC(C)c1cccc(C(C)C)c1N1c2cc(-c3ccc(N(c4ccc(C(C)(C)C)cc4)c4ccc(C(C)(C)C)cc4)cc3)ccc2B2c3ccc(-n4c5ccc(C(C)(C)C)cc5c5cc(C(C)(C)C)ccc54)cc3N(c3c(C(C)C)cccc3C(C)C)c3cc(C(C)(C)C)cc1c32. The number of hydrogen-bond donors (Lipinski definition) is 0. The van der Waals surface area contributed by atoms with E-state index in [9.17, 15) is 0 Å². The molecule has 0 radical (unpaired) electrons. The van der Waals surface area contributed by atoms with Crippen LogP contribution in [0.25, 0.3) is 38.6 Å². The maximum absolute atomic E-state index is 2.76. The molecule has 2 aliphatic heterocycles. The van der Waals surface area contributed by atoms with E-state index in [1.54, 1.807) is 0 Å². The molecular formula is C92H105BN4. The zero-order chi connectivity index (χ0) is 69.5. The molecule has 0 saturated carbocycles. The summed E-state index contributed by atoms with van der Waals surface area (Å²) in [6.45, 7) is 54.0. The highest BCUT2D eigenvalue weighted by Crippen LogP contribution is 2.53. The Morgan fingerprint density at radius 2 is 0.649 bits per heavy atom. The van der Waals surface area contributed by atoms with Crippen molar-refractivity contribution < 1.29 is 0 Å². The highest BCUT2D eigenvalue weighted by atomic mass is 15.2. The van der Waals surface area contributed by atoms with Gasteiger partial charge in [0.2, 0.25) is 0 Å². The molecule has 0 bridgehead atoms. The summed E-state index contributed by atoms with van der Waals surface area (Å²) in [6, 6.07) is 76.7. The van der Waals surface area contributed by atoms with E-state index < -0.39 is 0 Å². The summed E-state index contributed by atoms with van der Waals surface area (Å²) in [4.78, 5) is 7.92. The number of anilines is 9. The van der Waals surface area contributed by atoms with Crippen LogP contribution < -0.4 is 31.1 Å². The molecule has 0 saturated heterocycles. The quantitative estimate of drug-likeness (QED) is 0.120. The molecule has 13 rings (SSSR count). The Balaban J connectivity index is 1.09. The topological polar surface area (TPSA) is 14.7 Å². The van der Waals surface area contributed by atoms with Gasteiger partial charge in [0.15, 0.2) is 0 Å². The van der Waals surface area contributed by atoms with Crippen molar-refractivity contribution in [3.05, 3.63) is 244 Å². The van der Waals surface area contributed by atoms with Crippen LogP contribution in [0.4, 0.5) is 51.2 Å². The van der Waals surface area contributed by atoms with Crippen LogP contribution in [-0.4, -0.2) is 11.3 Å². The number of fused-ring (bicyclic) bond motifs is 7. The third kappa shape index (κ3) is 11.9. The van der Waals surface area contributed by atoms with E-state index in [0.717, 1.165) is 22.7 Å². The maximum atomic E-state index is 2.76. The minimum absolute atomic E-state index is 0.0153. The first-order chi connectivity index (χ1) is 45.6. The van der Waals surface area contributed by atoms with E-state index in [1.807, 2.05) is 0 Å². The van der Waals surface area contributed by atoms with Gasteiger partial charge in [-0.05, 0) is 219 Å². The molecule has 0 N–H and O–H groups in total. The first kappa shape index (κ1) is 67.1. The van der Waals surface area contributed by atoms with Crippen LogP contribution in [-0.2, 0) is 27.1 Å². The molecule has 0 amide bonds. The standard InChI is InChI=1S/C92H105BN4/c1-56(2)71-26-24-27-72(57(3)4)86(71)96-81-50-61(60-30-39-67(40-31-60)94(68-41-33-62(34-42-68)88(9,10)11)69-43-35-63(36-44-69)89(12,13)14)32-46-77(81)93-78-47-45-70(95-79-48-37-64(90(15,16)17)51-75(79)76-52-65(91(18,19)20)38-49-80(76)95)55-82(78)97(84-54-66(92(21,22)23)53-83(96)85(84)93)87-73(58(5)6)28-25-29-74(87)59(7)8/h24-59H,1-23H3. The lowest BCUT2D eigenvalue weighted by Gasteiger charge is -2.47. The molecule has 5 heteroatoms. The maximum Gasteiger partial charge on any atom is 0.252 e. The Bertz CT molecular complexity index is 4640. The van der Waals surface area contributed by atoms with E-state index in [4.69, 9.17) is 0 Å². The average Bonchev–Trinajstić information content (AvgIpc) is 0.836. The molecule has 3 heterocycles. The largest absolute Gasteiger partial charge is 0.311 e.